The Morgan fingerprint density at radius 3 is 2.41 bits per heavy atom. The first-order valence-electron chi connectivity index (χ1n) is 10.4. The molecule has 0 saturated carbocycles. The number of carbonyl (C=O) groups is 2. The molecule has 32 heavy (non-hydrogen) atoms. The molecule has 2 amide bonds. The average molecular weight is 494 g/mol. The van der Waals surface area contributed by atoms with Crippen molar-refractivity contribution in [1.29, 1.82) is 0 Å². The predicted octanol–water partition coefficient (Wildman–Crippen LogP) is 5.64. The number of piperidine rings is 1. The SMILES string of the molecule is O=C(c1ccc(F)cc1)N1CCC(C(=O)N2CCCSC2=Nc2ccc(Cl)c(Cl)c2)CC1. The normalized spacial score (nSPS) is 18.8. The molecule has 2 heterocycles. The van der Waals surface area contributed by atoms with Gasteiger partial charge < -0.3 is 4.90 Å². The van der Waals surface area contributed by atoms with E-state index < -0.39 is 0 Å². The highest BCUT2D eigenvalue weighted by Gasteiger charge is 2.33. The van der Waals surface area contributed by atoms with Crippen molar-refractivity contribution in [1.82, 2.24) is 9.80 Å². The van der Waals surface area contributed by atoms with E-state index in [0.29, 0.717) is 58.9 Å². The van der Waals surface area contributed by atoms with Crippen LogP contribution in [0.4, 0.5) is 10.1 Å². The van der Waals surface area contributed by atoms with E-state index in [2.05, 4.69) is 4.99 Å². The van der Waals surface area contributed by atoms with E-state index in [1.54, 1.807) is 39.8 Å². The van der Waals surface area contributed by atoms with Gasteiger partial charge in [-0.1, -0.05) is 35.0 Å². The molecule has 2 saturated heterocycles. The molecule has 0 bridgehead atoms. The van der Waals surface area contributed by atoms with E-state index in [1.165, 1.54) is 24.3 Å². The van der Waals surface area contributed by atoms with Gasteiger partial charge in [-0.15, -0.1) is 0 Å². The van der Waals surface area contributed by atoms with Gasteiger partial charge in [-0.2, -0.15) is 0 Å². The van der Waals surface area contributed by atoms with Gasteiger partial charge in [-0.25, -0.2) is 9.38 Å². The van der Waals surface area contributed by atoms with Crippen LogP contribution in [-0.4, -0.2) is 52.2 Å². The van der Waals surface area contributed by atoms with Crippen molar-refractivity contribution in [2.24, 2.45) is 10.9 Å². The molecule has 0 aromatic heterocycles. The van der Waals surface area contributed by atoms with Gasteiger partial charge in [0, 0.05) is 36.9 Å². The average Bonchev–Trinajstić information content (AvgIpc) is 2.81. The molecule has 0 spiro atoms. The third-order valence-corrected chi connectivity index (χ3v) is 7.41. The van der Waals surface area contributed by atoms with Crippen LogP contribution in [-0.2, 0) is 4.79 Å². The number of thioether (sulfide) groups is 1. The molecule has 0 N–H and O–H groups in total. The molecule has 168 valence electrons. The Morgan fingerprint density at radius 1 is 1.00 bits per heavy atom. The summed E-state index contributed by atoms with van der Waals surface area (Å²) in [6.45, 7) is 1.61. The molecule has 4 rings (SSSR count). The molecular formula is C23H22Cl2FN3O2S. The quantitative estimate of drug-likeness (QED) is 0.555. The number of amidine groups is 1. The minimum atomic E-state index is -0.372. The summed E-state index contributed by atoms with van der Waals surface area (Å²) in [5, 5.41) is 1.55. The van der Waals surface area contributed by atoms with E-state index in [0.717, 1.165) is 12.2 Å². The van der Waals surface area contributed by atoms with Crippen LogP contribution >= 0.6 is 35.0 Å². The van der Waals surface area contributed by atoms with Gasteiger partial charge in [0.1, 0.15) is 5.82 Å². The zero-order valence-electron chi connectivity index (χ0n) is 17.3. The molecule has 0 aliphatic carbocycles. The number of rotatable bonds is 3. The molecule has 2 aliphatic rings. The second-order valence-electron chi connectivity index (χ2n) is 7.76. The Labute approximate surface area is 200 Å². The second kappa shape index (κ2) is 10.2. The van der Waals surface area contributed by atoms with E-state index in [-0.39, 0.29) is 23.5 Å². The number of hydrogen-bond donors (Lipinski definition) is 0. The summed E-state index contributed by atoms with van der Waals surface area (Å²) in [5.41, 5.74) is 1.11. The molecular weight excluding hydrogens is 472 g/mol. The Bertz CT molecular complexity index is 1040. The number of halogens is 3. The highest BCUT2D eigenvalue weighted by Crippen LogP contribution is 2.30. The lowest BCUT2D eigenvalue weighted by Gasteiger charge is -2.35. The Kier molecular flexibility index (Phi) is 7.38. The maximum atomic E-state index is 13.3. The summed E-state index contributed by atoms with van der Waals surface area (Å²) in [6, 6.07) is 10.7. The van der Waals surface area contributed by atoms with E-state index in [1.807, 2.05) is 0 Å². The molecule has 9 heteroatoms. The third-order valence-electron chi connectivity index (χ3n) is 5.60. The summed E-state index contributed by atoms with van der Waals surface area (Å²) in [4.78, 5) is 34.1. The highest BCUT2D eigenvalue weighted by molar-refractivity contribution is 8.13. The monoisotopic (exact) mass is 493 g/mol. The fraction of sp³-hybridized carbons (Fsp3) is 0.348. The lowest BCUT2D eigenvalue weighted by atomic mass is 9.94. The lowest BCUT2D eigenvalue weighted by molar-refractivity contribution is -0.132. The maximum Gasteiger partial charge on any atom is 0.253 e. The van der Waals surface area contributed by atoms with Crippen molar-refractivity contribution in [3.8, 4) is 0 Å². The van der Waals surface area contributed by atoms with Crippen molar-refractivity contribution in [2.75, 3.05) is 25.4 Å². The lowest BCUT2D eigenvalue weighted by Crippen LogP contribution is -2.47. The van der Waals surface area contributed by atoms with Gasteiger partial charge in [-0.05, 0) is 61.7 Å². The van der Waals surface area contributed by atoms with E-state index in [4.69, 9.17) is 23.2 Å². The standard InChI is InChI=1S/C23H22Cl2FN3O2S/c24-19-7-6-18(14-20(19)25)27-23-29(10-1-13-32-23)22(31)16-8-11-28(12-9-16)21(30)15-2-4-17(26)5-3-15/h2-7,14,16H,1,8-13H2. The first kappa shape index (κ1) is 23.1. The molecule has 2 fully saturated rings. The molecule has 0 unspecified atom stereocenters. The third kappa shape index (κ3) is 5.27. The Morgan fingerprint density at radius 2 is 1.72 bits per heavy atom. The van der Waals surface area contributed by atoms with Crippen LogP contribution in [0.5, 0.6) is 0 Å². The van der Waals surface area contributed by atoms with Gasteiger partial charge >= 0.3 is 0 Å². The molecule has 0 radical (unpaired) electrons. The van der Waals surface area contributed by atoms with Crippen LogP contribution in [0.2, 0.25) is 10.0 Å². The Balaban J connectivity index is 1.42. The van der Waals surface area contributed by atoms with Crippen molar-refractivity contribution in [3.63, 3.8) is 0 Å². The largest absolute Gasteiger partial charge is 0.339 e. The number of aliphatic imine (C=N–C) groups is 1. The molecule has 2 aliphatic heterocycles. The second-order valence-corrected chi connectivity index (χ2v) is 9.63. The zero-order valence-corrected chi connectivity index (χ0v) is 19.6. The van der Waals surface area contributed by atoms with Gasteiger partial charge in [0.25, 0.3) is 5.91 Å². The van der Waals surface area contributed by atoms with E-state index in [9.17, 15) is 14.0 Å². The van der Waals surface area contributed by atoms with Crippen LogP contribution in [0, 0.1) is 11.7 Å². The number of benzene rings is 2. The number of hydrogen-bond acceptors (Lipinski definition) is 4. The zero-order chi connectivity index (χ0) is 22.7. The van der Waals surface area contributed by atoms with Crippen LogP contribution in [0.15, 0.2) is 47.5 Å². The highest BCUT2D eigenvalue weighted by atomic mass is 35.5. The number of amides is 2. The van der Waals surface area contributed by atoms with Gasteiger partial charge in [-0.3, -0.25) is 14.5 Å². The summed E-state index contributed by atoms with van der Waals surface area (Å²) in [5.74, 6) is 0.277. The fourth-order valence-electron chi connectivity index (χ4n) is 3.85. The molecule has 2 aromatic carbocycles. The van der Waals surface area contributed by atoms with Crippen molar-refractivity contribution < 1.29 is 14.0 Å². The smallest absolute Gasteiger partial charge is 0.253 e. The minimum Gasteiger partial charge on any atom is -0.339 e. The minimum absolute atomic E-state index is 0.0462. The Hall–Kier alpha value is -2.09. The number of likely N-dealkylation sites (tertiary alicyclic amines) is 1. The van der Waals surface area contributed by atoms with Crippen LogP contribution < -0.4 is 0 Å². The van der Waals surface area contributed by atoms with Crippen LogP contribution in [0.25, 0.3) is 0 Å². The topological polar surface area (TPSA) is 53.0 Å². The molecule has 5 nitrogen and oxygen atoms in total. The summed E-state index contributed by atoms with van der Waals surface area (Å²) >= 11 is 13.6. The first-order valence-corrected chi connectivity index (χ1v) is 12.2. The van der Waals surface area contributed by atoms with Gasteiger partial charge in [0.2, 0.25) is 5.91 Å². The van der Waals surface area contributed by atoms with Crippen LogP contribution in [0.3, 0.4) is 0 Å². The summed E-state index contributed by atoms with van der Waals surface area (Å²) in [6.07, 6.45) is 2.08. The fourth-order valence-corrected chi connectivity index (χ4v) is 5.10. The van der Waals surface area contributed by atoms with Crippen molar-refractivity contribution >= 4 is 57.6 Å². The first-order chi connectivity index (χ1) is 15.4. The number of nitrogens with zero attached hydrogens (tertiary/aromatic N) is 3. The predicted molar refractivity (Wildman–Crippen MR) is 127 cm³/mol. The van der Waals surface area contributed by atoms with Gasteiger partial charge in [0.15, 0.2) is 5.17 Å². The van der Waals surface area contributed by atoms with Crippen LogP contribution in [0.1, 0.15) is 29.6 Å². The molecule has 2 aromatic rings. The number of carbonyl (C=O) groups excluding carboxylic acids is 2. The van der Waals surface area contributed by atoms with Crippen molar-refractivity contribution in [3.05, 3.63) is 63.9 Å². The van der Waals surface area contributed by atoms with Crippen molar-refractivity contribution in [2.45, 2.75) is 19.3 Å². The molecule has 0 atom stereocenters. The van der Waals surface area contributed by atoms with E-state index >= 15 is 0 Å². The maximum absolute atomic E-state index is 13.3. The summed E-state index contributed by atoms with van der Waals surface area (Å²) < 4.78 is 13.1. The summed E-state index contributed by atoms with van der Waals surface area (Å²) in [7, 11) is 0. The van der Waals surface area contributed by atoms with Gasteiger partial charge in [0.05, 0.1) is 15.7 Å².